The molecule has 1 aliphatic rings. The largest absolute Gasteiger partial charge is 0.452 e. The van der Waals surface area contributed by atoms with Crippen LogP contribution in [0.1, 0.15) is 22.8 Å². The first-order chi connectivity index (χ1) is 11.1. The molecule has 3 rings (SSSR count). The second-order valence-electron chi connectivity index (χ2n) is 5.50. The second-order valence-corrected chi connectivity index (χ2v) is 5.91. The van der Waals surface area contributed by atoms with Gasteiger partial charge in [-0.1, -0.05) is 41.9 Å². The van der Waals surface area contributed by atoms with Crippen LogP contribution in [-0.4, -0.2) is 24.5 Å². The Kier molecular flexibility index (Phi) is 4.35. The molecule has 23 heavy (non-hydrogen) atoms. The van der Waals surface area contributed by atoms with Crippen molar-refractivity contribution in [3.05, 3.63) is 64.7 Å². The summed E-state index contributed by atoms with van der Waals surface area (Å²) in [7, 11) is 0. The topological polar surface area (TPSA) is 46.6 Å². The minimum atomic E-state index is -0.593. The third kappa shape index (κ3) is 3.08. The summed E-state index contributed by atoms with van der Waals surface area (Å²) in [4.78, 5) is 26.2. The number of para-hydroxylation sites is 1. The van der Waals surface area contributed by atoms with Crippen LogP contribution in [0.5, 0.6) is 0 Å². The van der Waals surface area contributed by atoms with E-state index < -0.39 is 5.97 Å². The average Bonchev–Trinajstić information content (AvgIpc) is 2.88. The Labute approximate surface area is 139 Å². The van der Waals surface area contributed by atoms with Crippen LogP contribution in [0.3, 0.4) is 0 Å². The van der Waals surface area contributed by atoms with Crippen molar-refractivity contribution in [3.63, 3.8) is 0 Å². The molecular formula is C18H16ClNO3. The molecule has 0 fully saturated rings. The molecule has 0 unspecified atom stereocenters. The molecule has 1 amide bonds. The monoisotopic (exact) mass is 329 g/mol. The number of esters is 1. The van der Waals surface area contributed by atoms with Crippen molar-refractivity contribution in [2.45, 2.75) is 19.4 Å². The van der Waals surface area contributed by atoms with Crippen LogP contribution in [0.4, 0.5) is 5.69 Å². The lowest BCUT2D eigenvalue weighted by molar-refractivity contribution is -0.122. The highest BCUT2D eigenvalue weighted by molar-refractivity contribution is 6.33. The minimum absolute atomic E-state index is 0.0546. The summed E-state index contributed by atoms with van der Waals surface area (Å²) in [5.74, 6) is -0.827. The zero-order chi connectivity index (χ0) is 16.4. The van der Waals surface area contributed by atoms with Gasteiger partial charge in [-0.25, -0.2) is 4.79 Å². The number of nitrogens with zero attached hydrogens (tertiary/aromatic N) is 1. The molecule has 1 aliphatic heterocycles. The van der Waals surface area contributed by atoms with E-state index in [2.05, 4.69) is 0 Å². The summed E-state index contributed by atoms with van der Waals surface area (Å²) in [6.45, 7) is 1.68. The van der Waals surface area contributed by atoms with Crippen molar-refractivity contribution >= 4 is 29.2 Å². The molecule has 0 spiro atoms. The van der Waals surface area contributed by atoms with Crippen LogP contribution >= 0.6 is 11.6 Å². The normalized spacial score (nSPS) is 16.1. The van der Waals surface area contributed by atoms with Crippen LogP contribution in [-0.2, 0) is 16.0 Å². The minimum Gasteiger partial charge on any atom is -0.452 e. The number of carbonyl (C=O) groups is 2. The number of halogens is 1. The highest BCUT2D eigenvalue weighted by Gasteiger charge is 2.31. The number of amides is 1. The Bertz CT molecular complexity index is 759. The molecule has 0 aromatic heterocycles. The molecule has 1 heterocycles. The van der Waals surface area contributed by atoms with Crippen molar-refractivity contribution in [1.29, 1.82) is 0 Å². The van der Waals surface area contributed by atoms with Gasteiger partial charge >= 0.3 is 5.97 Å². The third-order valence-electron chi connectivity index (χ3n) is 3.90. The van der Waals surface area contributed by atoms with E-state index in [9.17, 15) is 9.59 Å². The van der Waals surface area contributed by atoms with E-state index >= 15 is 0 Å². The van der Waals surface area contributed by atoms with Gasteiger partial charge < -0.3 is 9.64 Å². The van der Waals surface area contributed by atoms with E-state index in [0.29, 0.717) is 5.02 Å². The molecule has 0 aliphatic carbocycles. The highest BCUT2D eigenvalue weighted by atomic mass is 35.5. The van der Waals surface area contributed by atoms with E-state index in [1.54, 1.807) is 29.2 Å². The summed E-state index contributed by atoms with van der Waals surface area (Å²) < 4.78 is 5.13. The standard InChI is InChI=1S/C18H16ClNO3/c1-12-10-13-6-2-5-9-16(13)20(12)17(21)11-23-18(22)14-7-3-4-8-15(14)19/h2-9,12H,10-11H2,1H3/t12-/m1/s1. The maximum Gasteiger partial charge on any atom is 0.340 e. The predicted octanol–water partition coefficient (Wildman–Crippen LogP) is 3.47. The lowest BCUT2D eigenvalue weighted by atomic mass is 10.1. The zero-order valence-electron chi connectivity index (χ0n) is 12.7. The first-order valence-corrected chi connectivity index (χ1v) is 7.77. The molecule has 0 saturated carbocycles. The van der Waals surface area contributed by atoms with Crippen LogP contribution < -0.4 is 4.90 Å². The Morgan fingerprint density at radius 2 is 1.87 bits per heavy atom. The number of ether oxygens (including phenoxy) is 1. The van der Waals surface area contributed by atoms with E-state index in [1.165, 1.54) is 0 Å². The number of anilines is 1. The number of carbonyl (C=O) groups excluding carboxylic acids is 2. The molecule has 4 nitrogen and oxygen atoms in total. The van der Waals surface area contributed by atoms with Gasteiger partial charge in [0.05, 0.1) is 10.6 Å². The summed E-state index contributed by atoms with van der Waals surface area (Å²) in [5.41, 5.74) is 2.28. The molecule has 2 aromatic rings. The van der Waals surface area contributed by atoms with E-state index in [1.807, 2.05) is 31.2 Å². The first-order valence-electron chi connectivity index (χ1n) is 7.39. The van der Waals surface area contributed by atoms with Crippen LogP contribution in [0, 0.1) is 0 Å². The van der Waals surface area contributed by atoms with Crippen molar-refractivity contribution in [2.24, 2.45) is 0 Å². The van der Waals surface area contributed by atoms with Crippen molar-refractivity contribution in [1.82, 2.24) is 0 Å². The summed E-state index contributed by atoms with van der Waals surface area (Å²) in [6.07, 6.45) is 0.806. The fraction of sp³-hybridized carbons (Fsp3) is 0.222. The number of fused-ring (bicyclic) bond motifs is 1. The maximum atomic E-state index is 12.5. The number of hydrogen-bond donors (Lipinski definition) is 0. The van der Waals surface area contributed by atoms with Gasteiger partial charge in [-0.15, -0.1) is 0 Å². The van der Waals surface area contributed by atoms with Gasteiger partial charge in [0.15, 0.2) is 6.61 Å². The fourth-order valence-corrected chi connectivity index (χ4v) is 3.06. The average molecular weight is 330 g/mol. The quantitative estimate of drug-likeness (QED) is 0.810. The van der Waals surface area contributed by atoms with E-state index in [4.69, 9.17) is 16.3 Å². The van der Waals surface area contributed by atoms with Gasteiger partial charge in [0, 0.05) is 11.7 Å². The molecule has 0 radical (unpaired) electrons. The van der Waals surface area contributed by atoms with E-state index in [-0.39, 0.29) is 24.1 Å². The third-order valence-corrected chi connectivity index (χ3v) is 4.23. The molecule has 0 saturated heterocycles. The number of hydrogen-bond acceptors (Lipinski definition) is 3. The summed E-state index contributed by atoms with van der Waals surface area (Å²) >= 11 is 5.96. The molecule has 0 N–H and O–H groups in total. The molecule has 5 heteroatoms. The second kappa shape index (κ2) is 6.42. The fourth-order valence-electron chi connectivity index (χ4n) is 2.85. The Balaban J connectivity index is 1.69. The Morgan fingerprint density at radius 3 is 2.65 bits per heavy atom. The van der Waals surface area contributed by atoms with Crippen LogP contribution in [0.15, 0.2) is 48.5 Å². The van der Waals surface area contributed by atoms with Crippen molar-refractivity contribution in [2.75, 3.05) is 11.5 Å². The SMILES string of the molecule is C[C@@H]1Cc2ccccc2N1C(=O)COC(=O)c1ccccc1Cl. The van der Waals surface area contributed by atoms with Gasteiger partial charge in [0.2, 0.25) is 0 Å². The smallest absolute Gasteiger partial charge is 0.340 e. The van der Waals surface area contributed by atoms with Gasteiger partial charge in [0.1, 0.15) is 0 Å². The van der Waals surface area contributed by atoms with Gasteiger partial charge in [-0.3, -0.25) is 4.79 Å². The van der Waals surface area contributed by atoms with Gasteiger partial charge in [-0.2, -0.15) is 0 Å². The maximum absolute atomic E-state index is 12.5. The van der Waals surface area contributed by atoms with Crippen LogP contribution in [0.25, 0.3) is 0 Å². The lowest BCUT2D eigenvalue weighted by Crippen LogP contribution is -2.38. The zero-order valence-corrected chi connectivity index (χ0v) is 13.4. The van der Waals surface area contributed by atoms with Crippen LogP contribution in [0.2, 0.25) is 5.02 Å². The van der Waals surface area contributed by atoms with Gasteiger partial charge in [-0.05, 0) is 37.1 Å². The molecule has 118 valence electrons. The van der Waals surface area contributed by atoms with Crippen molar-refractivity contribution in [3.8, 4) is 0 Å². The van der Waals surface area contributed by atoms with Crippen molar-refractivity contribution < 1.29 is 14.3 Å². The summed E-state index contributed by atoms with van der Waals surface area (Å²) in [5, 5.41) is 0.310. The Hall–Kier alpha value is -2.33. The summed E-state index contributed by atoms with van der Waals surface area (Å²) in [6, 6.07) is 14.4. The molecule has 0 bridgehead atoms. The Morgan fingerprint density at radius 1 is 1.17 bits per heavy atom. The molecule has 2 aromatic carbocycles. The predicted molar refractivity (Wildman–Crippen MR) is 88.8 cm³/mol. The lowest BCUT2D eigenvalue weighted by Gasteiger charge is -2.22. The number of rotatable bonds is 3. The van der Waals surface area contributed by atoms with Gasteiger partial charge in [0.25, 0.3) is 5.91 Å². The number of benzene rings is 2. The molecular weight excluding hydrogens is 314 g/mol. The first kappa shape index (κ1) is 15.6. The van der Waals surface area contributed by atoms with E-state index in [0.717, 1.165) is 17.7 Å². The molecule has 1 atom stereocenters. The highest BCUT2D eigenvalue weighted by Crippen LogP contribution is 2.31.